The van der Waals surface area contributed by atoms with Gasteiger partial charge in [0.1, 0.15) is 0 Å². The maximum Gasteiger partial charge on any atom is 0.261 e. The predicted octanol–water partition coefficient (Wildman–Crippen LogP) is 4.20. The highest BCUT2D eigenvalue weighted by Gasteiger charge is 2.20. The third-order valence-electron chi connectivity index (χ3n) is 6.09. The van der Waals surface area contributed by atoms with E-state index >= 15 is 0 Å². The maximum absolute atomic E-state index is 13.3. The van der Waals surface area contributed by atoms with E-state index in [0.717, 1.165) is 36.3 Å². The highest BCUT2D eigenvalue weighted by atomic mass is 79.9. The summed E-state index contributed by atoms with van der Waals surface area (Å²) in [7, 11) is 0. The van der Waals surface area contributed by atoms with Crippen LogP contribution in [0.15, 0.2) is 43.4 Å². The number of nitrogens with zero attached hydrogens (tertiary/aromatic N) is 2. The van der Waals surface area contributed by atoms with E-state index in [1.807, 2.05) is 0 Å². The molecule has 0 aliphatic carbocycles. The average Bonchev–Trinajstić information content (AvgIpc) is 3.07. The molecule has 0 spiro atoms. The van der Waals surface area contributed by atoms with E-state index in [0.29, 0.717) is 58.2 Å². The van der Waals surface area contributed by atoms with Gasteiger partial charge in [-0.05, 0) is 49.9 Å². The predicted molar refractivity (Wildman–Crippen MR) is 138 cm³/mol. The van der Waals surface area contributed by atoms with Gasteiger partial charge in [0.05, 0.1) is 0 Å². The molecule has 6 aromatic rings. The minimum absolute atomic E-state index is 0.314. The molecule has 0 saturated carbocycles. The summed E-state index contributed by atoms with van der Waals surface area (Å²) >= 11 is 6.79. The van der Waals surface area contributed by atoms with Gasteiger partial charge in [0.2, 0.25) is 0 Å². The Morgan fingerprint density at radius 1 is 0.500 bits per heavy atom. The van der Waals surface area contributed by atoms with Gasteiger partial charge in [-0.1, -0.05) is 44.7 Å². The number of hydrogen-bond acceptors (Lipinski definition) is 4. The van der Waals surface area contributed by atoms with Crippen molar-refractivity contribution in [3.05, 3.63) is 65.7 Å². The van der Waals surface area contributed by atoms with Crippen LogP contribution in [0.2, 0.25) is 0 Å². The summed E-state index contributed by atoms with van der Waals surface area (Å²) in [5, 5.41) is 3.87. The van der Waals surface area contributed by atoms with Crippen molar-refractivity contribution in [2.24, 2.45) is 0 Å². The topological polar surface area (TPSA) is 78.1 Å². The summed E-state index contributed by atoms with van der Waals surface area (Å²) in [5.41, 5.74) is -1.60. The van der Waals surface area contributed by atoms with Gasteiger partial charge in [0.25, 0.3) is 22.2 Å². The maximum atomic E-state index is 13.3. The molecule has 6 rings (SSSR count). The molecule has 32 heavy (non-hydrogen) atoms. The molecule has 2 aromatic carbocycles. The first-order valence-electron chi connectivity index (χ1n) is 10.9. The SMILES string of the molecule is O=c1c2ccc(c(=O)n1CCCCCBr)c1c3ccc(c(=O)n(CCCCCBr)c3=O)c21. The first-order chi connectivity index (χ1) is 15.5. The van der Waals surface area contributed by atoms with Crippen molar-refractivity contribution in [1.29, 1.82) is 0 Å². The average molecular weight is 564 g/mol. The van der Waals surface area contributed by atoms with Crippen LogP contribution >= 0.6 is 31.9 Å². The molecule has 4 aromatic heterocycles. The lowest BCUT2D eigenvalue weighted by Crippen LogP contribution is -2.30. The zero-order chi connectivity index (χ0) is 22.8. The van der Waals surface area contributed by atoms with Crippen molar-refractivity contribution < 1.29 is 0 Å². The van der Waals surface area contributed by atoms with E-state index in [1.54, 1.807) is 24.3 Å². The van der Waals surface area contributed by atoms with Crippen LogP contribution in [-0.2, 0) is 13.1 Å². The molecule has 168 valence electrons. The van der Waals surface area contributed by atoms with Crippen LogP contribution in [0.1, 0.15) is 38.5 Å². The lowest BCUT2D eigenvalue weighted by molar-refractivity contribution is 0.583. The van der Waals surface area contributed by atoms with Crippen LogP contribution in [0.3, 0.4) is 0 Å². The molecule has 0 saturated heterocycles. The fourth-order valence-corrected chi connectivity index (χ4v) is 5.26. The minimum atomic E-state index is -0.400. The van der Waals surface area contributed by atoms with E-state index in [9.17, 15) is 19.2 Å². The second kappa shape index (κ2) is 9.83. The number of halogens is 2. The van der Waals surface area contributed by atoms with Crippen molar-refractivity contribution in [2.45, 2.75) is 51.6 Å². The Bertz CT molecular complexity index is 1290. The molecule has 0 N–H and O–H groups in total. The zero-order valence-corrected chi connectivity index (χ0v) is 20.8. The Balaban J connectivity index is 2.00. The van der Waals surface area contributed by atoms with Crippen molar-refractivity contribution in [3.8, 4) is 0 Å². The number of unbranched alkanes of at least 4 members (excludes halogenated alkanes) is 4. The van der Waals surface area contributed by atoms with Gasteiger partial charge in [0, 0.05) is 56.1 Å². The molecule has 0 amide bonds. The quantitative estimate of drug-likeness (QED) is 0.214. The molecule has 0 aliphatic rings. The third-order valence-corrected chi connectivity index (χ3v) is 7.22. The summed E-state index contributed by atoms with van der Waals surface area (Å²) in [6, 6.07) is 6.47. The first-order valence-corrected chi connectivity index (χ1v) is 13.2. The van der Waals surface area contributed by atoms with Crippen LogP contribution in [0.25, 0.3) is 32.3 Å². The van der Waals surface area contributed by atoms with Crippen LogP contribution in [0.5, 0.6) is 0 Å². The molecule has 0 fully saturated rings. The Morgan fingerprint density at radius 2 is 0.812 bits per heavy atom. The summed E-state index contributed by atoms with van der Waals surface area (Å²) in [4.78, 5) is 53.3. The molecule has 8 heteroatoms. The minimum Gasteiger partial charge on any atom is -0.274 e. The summed E-state index contributed by atoms with van der Waals surface area (Å²) in [5.74, 6) is 0. The standard InChI is InChI=1S/C24H24Br2N2O4/c25-11-3-1-5-13-27-21(29)15-7-8-16(22(27)30)20-18-10-9-17(19(15)20)23(31)28(24(18)32)14-6-2-4-12-26/h7-10H,1-6,11-14H2. The van der Waals surface area contributed by atoms with Crippen molar-refractivity contribution in [3.63, 3.8) is 0 Å². The Morgan fingerprint density at radius 3 is 1.09 bits per heavy atom. The summed E-state index contributed by atoms with van der Waals surface area (Å²) < 4.78 is 2.53. The lowest BCUT2D eigenvalue weighted by atomic mass is 10.00. The first kappa shape index (κ1) is 23.1. The number of rotatable bonds is 10. The highest BCUT2D eigenvalue weighted by Crippen LogP contribution is 2.28. The Kier molecular flexibility index (Phi) is 7.10. The third kappa shape index (κ3) is 3.92. The Labute approximate surface area is 200 Å². The van der Waals surface area contributed by atoms with Crippen molar-refractivity contribution in [2.75, 3.05) is 10.7 Å². The normalized spacial score (nSPS) is 11.9. The molecular weight excluding hydrogens is 540 g/mol. The van der Waals surface area contributed by atoms with Crippen LogP contribution in [-0.4, -0.2) is 19.8 Å². The van der Waals surface area contributed by atoms with Crippen LogP contribution < -0.4 is 22.2 Å². The monoisotopic (exact) mass is 562 g/mol. The number of hydrogen-bond donors (Lipinski definition) is 0. The fourth-order valence-electron chi connectivity index (χ4n) is 4.46. The molecule has 4 bridgehead atoms. The summed E-state index contributed by atoms with van der Waals surface area (Å²) in [6.07, 6.45) is 5.13. The van der Waals surface area contributed by atoms with Gasteiger partial charge in [-0.15, -0.1) is 0 Å². The number of aromatic nitrogens is 2. The van der Waals surface area contributed by atoms with E-state index < -0.39 is 22.2 Å². The molecule has 4 heterocycles. The Hall–Kier alpha value is -2.06. The molecule has 0 aliphatic heterocycles. The molecule has 6 nitrogen and oxygen atoms in total. The van der Waals surface area contributed by atoms with E-state index in [1.165, 1.54) is 9.13 Å². The molecule has 0 atom stereocenters. The second-order valence-corrected chi connectivity index (χ2v) is 9.68. The molecule has 0 radical (unpaired) electrons. The smallest absolute Gasteiger partial charge is 0.261 e. The number of fused-ring (bicyclic) bond motifs is 6. The van der Waals surface area contributed by atoms with E-state index in [4.69, 9.17) is 0 Å². The lowest BCUT2D eigenvalue weighted by Gasteiger charge is -2.01. The van der Waals surface area contributed by atoms with Gasteiger partial charge >= 0.3 is 0 Å². The van der Waals surface area contributed by atoms with Crippen molar-refractivity contribution >= 4 is 64.2 Å². The van der Waals surface area contributed by atoms with Gasteiger partial charge in [-0.3, -0.25) is 28.3 Å². The van der Waals surface area contributed by atoms with Gasteiger partial charge in [-0.2, -0.15) is 0 Å². The number of benzene rings is 2. The largest absolute Gasteiger partial charge is 0.274 e. The summed E-state index contributed by atoms with van der Waals surface area (Å²) in [6.45, 7) is 0.638. The zero-order valence-electron chi connectivity index (χ0n) is 17.7. The van der Waals surface area contributed by atoms with Crippen LogP contribution in [0.4, 0.5) is 0 Å². The van der Waals surface area contributed by atoms with E-state index in [-0.39, 0.29) is 0 Å². The molecule has 0 unspecified atom stereocenters. The number of alkyl halides is 2. The molecular formula is C24H24Br2N2O4. The van der Waals surface area contributed by atoms with Gasteiger partial charge in [0.15, 0.2) is 0 Å². The van der Waals surface area contributed by atoms with Gasteiger partial charge < -0.3 is 0 Å². The fraction of sp³-hybridized carbons (Fsp3) is 0.417. The van der Waals surface area contributed by atoms with Gasteiger partial charge in [-0.25, -0.2) is 0 Å². The second-order valence-electron chi connectivity index (χ2n) is 8.09. The van der Waals surface area contributed by atoms with Crippen LogP contribution in [0, 0.1) is 0 Å². The highest BCUT2D eigenvalue weighted by molar-refractivity contribution is 9.09. The van der Waals surface area contributed by atoms with E-state index in [2.05, 4.69) is 31.9 Å². The van der Waals surface area contributed by atoms with Crippen molar-refractivity contribution in [1.82, 2.24) is 9.13 Å².